The molecule has 0 saturated heterocycles. The predicted octanol–water partition coefficient (Wildman–Crippen LogP) is 1.28. The van der Waals surface area contributed by atoms with E-state index in [9.17, 15) is 9.18 Å². The highest BCUT2D eigenvalue weighted by atomic mass is 19.1. The summed E-state index contributed by atoms with van der Waals surface area (Å²) >= 11 is 0. The number of aromatic nitrogens is 2. The zero-order valence-electron chi connectivity index (χ0n) is 10.7. The molecule has 0 atom stereocenters. The molecular weight excluding hydrogens is 259 g/mol. The lowest BCUT2D eigenvalue weighted by atomic mass is 10.1. The van der Waals surface area contributed by atoms with Crippen molar-refractivity contribution in [2.45, 2.75) is 19.5 Å². The Balaban J connectivity index is 1.69. The van der Waals surface area contributed by atoms with Crippen LogP contribution in [0.2, 0.25) is 0 Å². The van der Waals surface area contributed by atoms with Gasteiger partial charge in [-0.2, -0.15) is 0 Å². The molecule has 2 heterocycles. The van der Waals surface area contributed by atoms with E-state index >= 15 is 0 Å². The Morgan fingerprint density at radius 1 is 1.30 bits per heavy atom. The molecule has 0 spiro atoms. The maximum atomic E-state index is 12.8. The molecule has 0 radical (unpaired) electrons. The lowest BCUT2D eigenvalue weighted by Crippen LogP contribution is -2.27. The Bertz CT molecular complexity index is 657. The number of carbonyl (C=O) groups is 1. The average Bonchev–Trinajstić information content (AvgIpc) is 2.84. The lowest BCUT2D eigenvalue weighted by molar-refractivity contribution is -0.131. The van der Waals surface area contributed by atoms with Crippen molar-refractivity contribution in [3.05, 3.63) is 53.1 Å². The molecule has 0 bridgehead atoms. The molecule has 1 aromatic carbocycles. The minimum Gasteiger partial charge on any atom is -0.368 e. The molecule has 0 unspecified atom stereocenters. The van der Waals surface area contributed by atoms with E-state index in [2.05, 4.69) is 9.97 Å². The topological polar surface area (TPSA) is 72.1 Å². The molecule has 1 aliphatic heterocycles. The van der Waals surface area contributed by atoms with Crippen molar-refractivity contribution in [3.8, 4) is 0 Å². The highest BCUT2D eigenvalue weighted by molar-refractivity contribution is 5.79. The first-order valence-electron chi connectivity index (χ1n) is 6.24. The van der Waals surface area contributed by atoms with Crippen molar-refractivity contribution < 1.29 is 9.18 Å². The quantitative estimate of drug-likeness (QED) is 0.894. The zero-order valence-corrected chi connectivity index (χ0v) is 10.7. The summed E-state index contributed by atoms with van der Waals surface area (Å²) in [4.78, 5) is 22.0. The number of amides is 1. The van der Waals surface area contributed by atoms with Gasteiger partial charge in [0.1, 0.15) is 5.82 Å². The second kappa shape index (κ2) is 4.88. The van der Waals surface area contributed by atoms with Crippen molar-refractivity contribution in [1.29, 1.82) is 0 Å². The molecule has 20 heavy (non-hydrogen) atoms. The average molecular weight is 272 g/mol. The number of hydrogen-bond donors (Lipinski definition) is 1. The van der Waals surface area contributed by atoms with Gasteiger partial charge in [0.25, 0.3) is 0 Å². The summed E-state index contributed by atoms with van der Waals surface area (Å²) in [6.45, 7) is 0.942. The molecular formula is C14H13FN4O. The Hall–Kier alpha value is -2.50. The molecule has 1 aliphatic rings. The first kappa shape index (κ1) is 12.5. The Morgan fingerprint density at radius 3 is 2.80 bits per heavy atom. The molecule has 0 saturated carbocycles. The third-order valence-corrected chi connectivity index (χ3v) is 3.30. The molecule has 1 amide bonds. The van der Waals surface area contributed by atoms with E-state index in [1.165, 1.54) is 12.1 Å². The minimum atomic E-state index is -0.305. The van der Waals surface area contributed by atoms with Crippen molar-refractivity contribution in [3.63, 3.8) is 0 Å². The largest absolute Gasteiger partial charge is 0.368 e. The number of hydrogen-bond acceptors (Lipinski definition) is 4. The van der Waals surface area contributed by atoms with Gasteiger partial charge in [-0.25, -0.2) is 14.4 Å². The van der Waals surface area contributed by atoms with Crippen LogP contribution in [0.4, 0.5) is 10.3 Å². The Labute approximate surface area is 115 Å². The van der Waals surface area contributed by atoms with Crippen LogP contribution in [-0.2, 0) is 24.3 Å². The molecule has 102 valence electrons. The normalized spacial score (nSPS) is 13.3. The second-order valence-corrected chi connectivity index (χ2v) is 4.75. The molecule has 2 aromatic rings. The minimum absolute atomic E-state index is 0.0202. The second-order valence-electron chi connectivity index (χ2n) is 4.75. The molecule has 2 N–H and O–H groups in total. The van der Waals surface area contributed by atoms with Gasteiger partial charge in [0.2, 0.25) is 11.9 Å². The van der Waals surface area contributed by atoms with Crippen molar-refractivity contribution in [1.82, 2.24) is 14.9 Å². The summed E-state index contributed by atoms with van der Waals surface area (Å²) in [5.41, 5.74) is 8.04. The predicted molar refractivity (Wildman–Crippen MR) is 70.8 cm³/mol. The van der Waals surface area contributed by atoms with Crippen molar-refractivity contribution in [2.75, 3.05) is 5.73 Å². The highest BCUT2D eigenvalue weighted by Gasteiger charge is 2.24. The van der Waals surface area contributed by atoms with Gasteiger partial charge < -0.3 is 10.6 Å². The van der Waals surface area contributed by atoms with E-state index in [0.717, 1.165) is 16.8 Å². The molecule has 0 aliphatic carbocycles. The number of nitrogen functional groups attached to an aromatic ring is 1. The first-order chi connectivity index (χ1) is 9.61. The number of anilines is 1. The summed E-state index contributed by atoms with van der Waals surface area (Å²) in [5.74, 6) is -0.106. The number of carbonyl (C=O) groups excluding carboxylic acids is 1. The van der Waals surface area contributed by atoms with E-state index < -0.39 is 0 Å². The molecule has 0 fully saturated rings. The summed E-state index contributed by atoms with van der Waals surface area (Å²) in [6.07, 6.45) is 1.90. The highest BCUT2D eigenvalue weighted by Crippen LogP contribution is 2.21. The van der Waals surface area contributed by atoms with Crippen molar-refractivity contribution >= 4 is 11.9 Å². The van der Waals surface area contributed by atoms with Crippen LogP contribution < -0.4 is 5.73 Å². The van der Waals surface area contributed by atoms with Crippen LogP contribution in [0.5, 0.6) is 0 Å². The lowest BCUT2D eigenvalue weighted by Gasteiger charge is -2.14. The van der Waals surface area contributed by atoms with Crippen LogP contribution in [0, 0.1) is 5.82 Å². The zero-order chi connectivity index (χ0) is 14.1. The Morgan fingerprint density at radius 2 is 2.05 bits per heavy atom. The monoisotopic (exact) mass is 272 g/mol. The first-order valence-corrected chi connectivity index (χ1v) is 6.24. The maximum Gasteiger partial charge on any atom is 0.227 e. The fraction of sp³-hybridized carbons (Fsp3) is 0.214. The number of fused-ring (bicyclic) bond motifs is 1. The molecule has 6 heteroatoms. The van der Waals surface area contributed by atoms with Gasteiger partial charge >= 0.3 is 0 Å². The van der Waals surface area contributed by atoms with Crippen molar-refractivity contribution in [2.24, 2.45) is 0 Å². The number of nitrogens with zero attached hydrogens (tertiary/aromatic N) is 3. The number of halogens is 1. The van der Waals surface area contributed by atoms with E-state index in [4.69, 9.17) is 5.73 Å². The van der Waals surface area contributed by atoms with E-state index in [-0.39, 0.29) is 24.1 Å². The summed E-state index contributed by atoms with van der Waals surface area (Å²) < 4.78 is 12.8. The fourth-order valence-corrected chi connectivity index (χ4v) is 2.23. The van der Waals surface area contributed by atoms with Gasteiger partial charge in [0.15, 0.2) is 0 Å². The van der Waals surface area contributed by atoms with E-state index in [1.54, 1.807) is 23.2 Å². The van der Waals surface area contributed by atoms with Gasteiger partial charge in [-0.15, -0.1) is 0 Å². The van der Waals surface area contributed by atoms with E-state index in [0.29, 0.717) is 13.1 Å². The summed E-state index contributed by atoms with van der Waals surface area (Å²) in [5, 5.41) is 0. The van der Waals surface area contributed by atoms with Crippen LogP contribution in [0.1, 0.15) is 16.8 Å². The smallest absolute Gasteiger partial charge is 0.227 e. The molecule has 1 aromatic heterocycles. The third-order valence-electron chi connectivity index (χ3n) is 3.30. The van der Waals surface area contributed by atoms with Gasteiger partial charge in [0, 0.05) is 18.3 Å². The maximum absolute atomic E-state index is 12.8. The van der Waals surface area contributed by atoms with E-state index in [1.807, 2.05) is 0 Å². The number of nitrogens with two attached hydrogens (primary N) is 1. The third kappa shape index (κ3) is 2.45. The van der Waals surface area contributed by atoms with Gasteiger partial charge in [0.05, 0.1) is 18.7 Å². The number of rotatable bonds is 2. The van der Waals surface area contributed by atoms with Gasteiger partial charge in [-0.3, -0.25) is 4.79 Å². The fourth-order valence-electron chi connectivity index (χ4n) is 2.23. The molecule has 5 nitrogen and oxygen atoms in total. The summed E-state index contributed by atoms with van der Waals surface area (Å²) in [6, 6.07) is 5.95. The number of benzene rings is 1. The van der Waals surface area contributed by atoms with Gasteiger partial charge in [-0.05, 0) is 17.7 Å². The summed E-state index contributed by atoms with van der Waals surface area (Å²) in [7, 11) is 0. The molecule has 3 rings (SSSR count). The SMILES string of the molecule is Nc1ncc2c(n1)CN(C(=O)Cc1ccc(F)cc1)C2. The Kier molecular flexibility index (Phi) is 3.06. The van der Waals surface area contributed by atoms with Crippen LogP contribution in [-0.4, -0.2) is 20.8 Å². The van der Waals surface area contributed by atoms with Crippen LogP contribution in [0.15, 0.2) is 30.5 Å². The van der Waals surface area contributed by atoms with Crippen LogP contribution in [0.25, 0.3) is 0 Å². The standard InChI is InChI=1S/C14H13FN4O/c15-11-3-1-9(2-4-11)5-13(20)19-7-10-6-17-14(16)18-12(10)8-19/h1-4,6H,5,7-8H2,(H2,16,17,18). The van der Waals surface area contributed by atoms with Crippen LogP contribution >= 0.6 is 0 Å². The van der Waals surface area contributed by atoms with Crippen LogP contribution in [0.3, 0.4) is 0 Å². The van der Waals surface area contributed by atoms with Gasteiger partial charge in [-0.1, -0.05) is 12.1 Å².